The van der Waals surface area contributed by atoms with E-state index in [0.717, 1.165) is 11.1 Å². The van der Waals surface area contributed by atoms with Crippen LogP contribution in [-0.2, 0) is 4.74 Å². The third-order valence-electron chi connectivity index (χ3n) is 4.32. The van der Waals surface area contributed by atoms with E-state index in [-0.39, 0.29) is 11.8 Å². The summed E-state index contributed by atoms with van der Waals surface area (Å²) in [6.45, 7) is 1.35. The van der Waals surface area contributed by atoms with Crippen molar-refractivity contribution in [1.29, 1.82) is 0 Å². The van der Waals surface area contributed by atoms with Crippen LogP contribution in [-0.4, -0.2) is 47.9 Å². The van der Waals surface area contributed by atoms with Crippen molar-refractivity contribution in [3.63, 3.8) is 0 Å². The first-order chi connectivity index (χ1) is 13.3. The van der Waals surface area contributed by atoms with Crippen LogP contribution in [0.5, 0.6) is 5.88 Å². The summed E-state index contributed by atoms with van der Waals surface area (Å²) in [5.41, 5.74) is 2.24. The number of aromatic nitrogens is 3. The maximum atomic E-state index is 12.0. The van der Waals surface area contributed by atoms with Gasteiger partial charge in [0.25, 0.3) is 5.91 Å². The normalized spacial score (nSPS) is 15.9. The SMILES string of the molecule is COCCOc1ccc(-c2noc(C3CNC(=O)c4ccccc43)n2)cn1. The highest BCUT2D eigenvalue weighted by Crippen LogP contribution is 2.30. The molecule has 1 amide bonds. The van der Waals surface area contributed by atoms with E-state index < -0.39 is 0 Å². The number of nitrogens with zero attached hydrogens (tertiary/aromatic N) is 3. The van der Waals surface area contributed by atoms with Gasteiger partial charge in [-0.3, -0.25) is 4.79 Å². The second-order valence-electron chi connectivity index (χ2n) is 6.03. The van der Waals surface area contributed by atoms with Gasteiger partial charge in [-0.25, -0.2) is 4.98 Å². The average Bonchev–Trinajstić information content (AvgIpc) is 3.19. The Morgan fingerprint density at radius 2 is 2.11 bits per heavy atom. The number of pyridine rings is 1. The van der Waals surface area contributed by atoms with Crippen LogP contribution >= 0.6 is 0 Å². The molecule has 0 spiro atoms. The molecule has 2 aromatic heterocycles. The van der Waals surface area contributed by atoms with Gasteiger partial charge in [-0.05, 0) is 17.7 Å². The predicted molar refractivity (Wildman–Crippen MR) is 95.5 cm³/mol. The van der Waals surface area contributed by atoms with Crippen molar-refractivity contribution in [2.75, 3.05) is 26.9 Å². The minimum absolute atomic E-state index is 0.0881. The van der Waals surface area contributed by atoms with E-state index in [1.54, 1.807) is 25.4 Å². The number of methoxy groups -OCH3 is 1. The van der Waals surface area contributed by atoms with Crippen molar-refractivity contribution >= 4 is 5.91 Å². The molecule has 0 saturated heterocycles. The van der Waals surface area contributed by atoms with Gasteiger partial charge < -0.3 is 19.3 Å². The Bertz CT molecular complexity index is 939. The van der Waals surface area contributed by atoms with Gasteiger partial charge in [-0.15, -0.1) is 0 Å². The van der Waals surface area contributed by atoms with E-state index in [1.807, 2.05) is 24.3 Å². The molecule has 138 valence electrons. The molecule has 3 heterocycles. The lowest BCUT2D eigenvalue weighted by atomic mass is 9.90. The molecule has 1 unspecified atom stereocenters. The summed E-state index contributed by atoms with van der Waals surface area (Å²) < 4.78 is 15.9. The van der Waals surface area contributed by atoms with E-state index in [0.29, 0.717) is 42.9 Å². The van der Waals surface area contributed by atoms with Crippen LogP contribution in [0.1, 0.15) is 27.7 Å². The lowest BCUT2D eigenvalue weighted by Crippen LogP contribution is -2.35. The predicted octanol–water partition coefficient (Wildman–Crippen LogP) is 2.03. The summed E-state index contributed by atoms with van der Waals surface area (Å²) >= 11 is 0. The number of rotatable bonds is 6. The van der Waals surface area contributed by atoms with Gasteiger partial charge in [0.05, 0.1) is 12.5 Å². The highest BCUT2D eigenvalue weighted by Gasteiger charge is 2.30. The lowest BCUT2D eigenvalue weighted by Gasteiger charge is -2.22. The summed E-state index contributed by atoms with van der Waals surface area (Å²) in [5.74, 6) is 1.14. The van der Waals surface area contributed by atoms with Gasteiger partial charge in [0, 0.05) is 37.0 Å². The summed E-state index contributed by atoms with van der Waals surface area (Å²) in [5, 5.41) is 6.92. The Kier molecular flexibility index (Phi) is 4.80. The molecule has 8 heteroatoms. The van der Waals surface area contributed by atoms with Gasteiger partial charge in [0.2, 0.25) is 17.6 Å². The fourth-order valence-electron chi connectivity index (χ4n) is 2.95. The fourth-order valence-corrected chi connectivity index (χ4v) is 2.95. The average molecular weight is 366 g/mol. The van der Waals surface area contributed by atoms with E-state index in [2.05, 4.69) is 20.4 Å². The van der Waals surface area contributed by atoms with Gasteiger partial charge >= 0.3 is 0 Å². The molecular weight excluding hydrogens is 348 g/mol. The van der Waals surface area contributed by atoms with E-state index in [1.165, 1.54) is 0 Å². The first-order valence-electron chi connectivity index (χ1n) is 8.55. The Labute approximate surface area is 155 Å². The van der Waals surface area contributed by atoms with Crippen molar-refractivity contribution < 1.29 is 18.8 Å². The third kappa shape index (κ3) is 3.52. The van der Waals surface area contributed by atoms with Crippen LogP contribution in [0.25, 0.3) is 11.4 Å². The molecule has 3 aromatic rings. The summed E-state index contributed by atoms with van der Waals surface area (Å²) in [4.78, 5) is 20.8. The second kappa shape index (κ2) is 7.55. The van der Waals surface area contributed by atoms with E-state index in [9.17, 15) is 4.79 Å². The maximum Gasteiger partial charge on any atom is 0.251 e. The minimum atomic E-state index is -0.176. The van der Waals surface area contributed by atoms with Crippen LogP contribution in [0.4, 0.5) is 0 Å². The van der Waals surface area contributed by atoms with Crippen LogP contribution in [0.2, 0.25) is 0 Å². The molecule has 0 aliphatic carbocycles. The quantitative estimate of drug-likeness (QED) is 0.666. The number of ether oxygens (including phenoxy) is 2. The van der Waals surface area contributed by atoms with Crippen LogP contribution in [0.15, 0.2) is 47.1 Å². The van der Waals surface area contributed by atoms with Crippen molar-refractivity contribution in [2.45, 2.75) is 5.92 Å². The van der Waals surface area contributed by atoms with Gasteiger partial charge in [0.15, 0.2) is 0 Å². The molecule has 1 atom stereocenters. The second-order valence-corrected chi connectivity index (χ2v) is 6.03. The number of fused-ring (bicyclic) bond motifs is 1. The zero-order valence-corrected chi connectivity index (χ0v) is 14.7. The first-order valence-corrected chi connectivity index (χ1v) is 8.55. The molecule has 1 aliphatic rings. The van der Waals surface area contributed by atoms with Crippen LogP contribution in [0, 0.1) is 0 Å². The monoisotopic (exact) mass is 366 g/mol. The zero-order valence-electron chi connectivity index (χ0n) is 14.7. The minimum Gasteiger partial charge on any atom is -0.475 e. The zero-order chi connectivity index (χ0) is 18.6. The van der Waals surface area contributed by atoms with Gasteiger partial charge in [-0.1, -0.05) is 23.4 Å². The molecule has 8 nitrogen and oxygen atoms in total. The lowest BCUT2D eigenvalue weighted by molar-refractivity contribution is 0.0940. The number of nitrogens with one attached hydrogen (secondary N) is 1. The van der Waals surface area contributed by atoms with E-state index in [4.69, 9.17) is 14.0 Å². The molecule has 27 heavy (non-hydrogen) atoms. The molecule has 0 bridgehead atoms. The molecule has 1 N–H and O–H groups in total. The van der Waals surface area contributed by atoms with Crippen LogP contribution < -0.4 is 10.1 Å². The molecule has 4 rings (SSSR count). The Balaban J connectivity index is 1.54. The van der Waals surface area contributed by atoms with Crippen LogP contribution in [0.3, 0.4) is 0 Å². The third-order valence-corrected chi connectivity index (χ3v) is 4.32. The maximum absolute atomic E-state index is 12.0. The number of hydrogen-bond donors (Lipinski definition) is 1. The largest absolute Gasteiger partial charge is 0.475 e. The summed E-state index contributed by atoms with van der Waals surface area (Å²) in [7, 11) is 1.61. The molecular formula is C19H18N4O4. The highest BCUT2D eigenvalue weighted by atomic mass is 16.5. The number of benzene rings is 1. The van der Waals surface area contributed by atoms with Crippen molar-refractivity contribution in [3.8, 4) is 17.3 Å². The van der Waals surface area contributed by atoms with Gasteiger partial charge in [0.1, 0.15) is 6.61 Å². The first kappa shape index (κ1) is 17.2. The van der Waals surface area contributed by atoms with Gasteiger partial charge in [-0.2, -0.15) is 4.98 Å². The Morgan fingerprint density at radius 3 is 2.93 bits per heavy atom. The fraction of sp³-hybridized carbons (Fsp3) is 0.263. The number of carbonyl (C=O) groups is 1. The smallest absolute Gasteiger partial charge is 0.251 e. The summed E-state index contributed by atoms with van der Waals surface area (Å²) in [6, 6.07) is 11.0. The Hall–Kier alpha value is -3.26. The number of amides is 1. The van der Waals surface area contributed by atoms with Crippen molar-refractivity contribution in [2.24, 2.45) is 0 Å². The molecule has 0 saturated carbocycles. The summed E-state index contributed by atoms with van der Waals surface area (Å²) in [6.07, 6.45) is 1.63. The topological polar surface area (TPSA) is 99.4 Å². The number of hydrogen-bond acceptors (Lipinski definition) is 7. The number of carbonyl (C=O) groups excluding carboxylic acids is 1. The van der Waals surface area contributed by atoms with Crippen molar-refractivity contribution in [3.05, 3.63) is 59.6 Å². The molecule has 1 aromatic carbocycles. The molecule has 1 aliphatic heterocycles. The van der Waals surface area contributed by atoms with E-state index >= 15 is 0 Å². The Morgan fingerprint density at radius 1 is 1.22 bits per heavy atom. The molecule has 0 fully saturated rings. The van der Waals surface area contributed by atoms with Crippen molar-refractivity contribution in [1.82, 2.24) is 20.4 Å². The molecule has 0 radical (unpaired) electrons. The standard InChI is InChI=1S/C19H18N4O4/c1-25-8-9-26-16-7-6-12(10-20-16)17-22-19(27-23-17)15-11-21-18(24)14-5-3-2-4-13(14)15/h2-7,10,15H,8-9,11H2,1H3,(H,21,24). The highest BCUT2D eigenvalue weighted by molar-refractivity contribution is 5.97.